The molecular weight excluding hydrogens is 306 g/mol. The average Bonchev–Trinajstić information content (AvgIpc) is 3.18. The zero-order valence-electron chi connectivity index (χ0n) is 13.7. The van der Waals surface area contributed by atoms with Gasteiger partial charge >= 0.3 is 0 Å². The zero-order chi connectivity index (χ0) is 17.1. The highest BCUT2D eigenvalue weighted by atomic mass is 16.3. The molecule has 2 aliphatic rings. The van der Waals surface area contributed by atoms with E-state index in [0.717, 1.165) is 36.1 Å². The summed E-state index contributed by atoms with van der Waals surface area (Å²) in [5.41, 5.74) is 2.67. The van der Waals surface area contributed by atoms with E-state index in [4.69, 9.17) is 0 Å². The third kappa shape index (κ3) is 3.07. The van der Waals surface area contributed by atoms with Crippen LogP contribution in [-0.4, -0.2) is 48.4 Å². The maximum absolute atomic E-state index is 12.5. The molecule has 7 nitrogen and oxygen atoms in total. The van der Waals surface area contributed by atoms with E-state index < -0.39 is 6.23 Å². The highest BCUT2D eigenvalue weighted by Gasteiger charge is 2.36. The van der Waals surface area contributed by atoms with Gasteiger partial charge in [-0.1, -0.05) is 18.7 Å². The normalized spacial score (nSPS) is 25.3. The Morgan fingerprint density at radius 3 is 2.96 bits per heavy atom. The number of tetrazole rings is 1. The van der Waals surface area contributed by atoms with Gasteiger partial charge in [-0.25, -0.2) is 4.68 Å². The van der Waals surface area contributed by atoms with E-state index in [1.54, 1.807) is 21.7 Å². The molecule has 24 heavy (non-hydrogen) atoms. The predicted molar refractivity (Wildman–Crippen MR) is 89.2 cm³/mol. The van der Waals surface area contributed by atoms with E-state index in [0.29, 0.717) is 6.42 Å². The van der Waals surface area contributed by atoms with Crippen molar-refractivity contribution >= 4 is 11.6 Å². The summed E-state index contributed by atoms with van der Waals surface area (Å²) in [7, 11) is 0. The Labute approximate surface area is 140 Å². The van der Waals surface area contributed by atoms with Crippen LogP contribution in [0.5, 0.6) is 0 Å². The summed E-state index contributed by atoms with van der Waals surface area (Å²) in [6, 6.07) is 0.120. The van der Waals surface area contributed by atoms with Gasteiger partial charge < -0.3 is 10.0 Å². The van der Waals surface area contributed by atoms with Crippen molar-refractivity contribution in [2.24, 2.45) is 0 Å². The maximum Gasteiger partial charge on any atom is 0.249 e. The fourth-order valence-electron chi connectivity index (χ4n) is 3.36. The Morgan fingerprint density at radius 2 is 2.25 bits per heavy atom. The van der Waals surface area contributed by atoms with Crippen LogP contribution in [0.25, 0.3) is 5.70 Å². The van der Waals surface area contributed by atoms with Crippen LogP contribution in [0, 0.1) is 0 Å². The average molecular weight is 327 g/mol. The lowest BCUT2D eigenvalue weighted by Crippen LogP contribution is -2.39. The molecule has 1 N–H and O–H groups in total. The quantitative estimate of drug-likeness (QED) is 0.851. The van der Waals surface area contributed by atoms with Gasteiger partial charge in [-0.3, -0.25) is 4.79 Å². The zero-order valence-corrected chi connectivity index (χ0v) is 13.7. The molecule has 126 valence electrons. The van der Waals surface area contributed by atoms with Crippen LogP contribution in [0.1, 0.15) is 32.6 Å². The van der Waals surface area contributed by atoms with E-state index in [9.17, 15) is 9.90 Å². The minimum Gasteiger partial charge on any atom is -0.374 e. The number of amides is 1. The van der Waals surface area contributed by atoms with Crippen molar-refractivity contribution < 1.29 is 9.90 Å². The summed E-state index contributed by atoms with van der Waals surface area (Å²) >= 11 is 0. The first-order chi connectivity index (χ1) is 11.6. The molecule has 0 radical (unpaired) electrons. The second-order valence-electron chi connectivity index (χ2n) is 6.03. The molecule has 1 amide bonds. The van der Waals surface area contributed by atoms with Crippen molar-refractivity contribution in [3.8, 4) is 0 Å². The number of rotatable bonds is 4. The number of carbonyl (C=O) groups is 1. The predicted octanol–water partition coefficient (Wildman–Crippen LogP) is 1.68. The van der Waals surface area contributed by atoms with Crippen molar-refractivity contribution in [2.45, 2.75) is 44.9 Å². The second kappa shape index (κ2) is 6.92. The third-order valence-electron chi connectivity index (χ3n) is 4.62. The number of allylic oxidation sites excluding steroid dienone is 6. The molecule has 1 aromatic heterocycles. The Balaban J connectivity index is 1.98. The Hall–Kier alpha value is -2.54. The number of hydrogen-bond donors (Lipinski definition) is 1. The Kier molecular flexibility index (Phi) is 4.71. The first-order valence-corrected chi connectivity index (χ1v) is 8.06. The summed E-state index contributed by atoms with van der Waals surface area (Å²) in [5, 5.41) is 21.3. The van der Waals surface area contributed by atoms with E-state index in [-0.39, 0.29) is 11.9 Å². The van der Waals surface area contributed by atoms with Crippen molar-refractivity contribution in [3.63, 3.8) is 0 Å². The highest BCUT2D eigenvalue weighted by Crippen LogP contribution is 2.33. The van der Waals surface area contributed by atoms with E-state index in [1.807, 2.05) is 19.1 Å². The van der Waals surface area contributed by atoms with Gasteiger partial charge in [-0.15, -0.1) is 5.10 Å². The van der Waals surface area contributed by atoms with Crippen LogP contribution in [0.15, 0.2) is 48.4 Å². The molecule has 3 rings (SSSR count). The summed E-state index contributed by atoms with van der Waals surface area (Å²) < 4.78 is 1.57. The van der Waals surface area contributed by atoms with E-state index >= 15 is 0 Å². The van der Waals surface area contributed by atoms with Crippen molar-refractivity contribution in [2.75, 3.05) is 0 Å². The molecule has 2 aliphatic heterocycles. The van der Waals surface area contributed by atoms with Gasteiger partial charge in [0.05, 0.1) is 5.70 Å². The number of carbonyl (C=O) groups excluding carboxylic acids is 1. The molecule has 1 aromatic rings. The molecule has 1 unspecified atom stereocenters. The number of aliphatic hydroxyl groups excluding tert-OH is 1. The van der Waals surface area contributed by atoms with Gasteiger partial charge in [0.15, 0.2) is 0 Å². The van der Waals surface area contributed by atoms with E-state index in [1.165, 1.54) is 6.33 Å². The Morgan fingerprint density at radius 1 is 1.42 bits per heavy atom. The molecule has 0 aromatic carbocycles. The summed E-state index contributed by atoms with van der Waals surface area (Å²) in [6.07, 6.45) is 11.0. The van der Waals surface area contributed by atoms with Crippen LogP contribution in [0.3, 0.4) is 0 Å². The van der Waals surface area contributed by atoms with Gasteiger partial charge in [-0.05, 0) is 60.3 Å². The van der Waals surface area contributed by atoms with E-state index in [2.05, 4.69) is 22.1 Å². The minimum atomic E-state index is -0.665. The summed E-state index contributed by atoms with van der Waals surface area (Å²) in [6.45, 7) is 5.64. The van der Waals surface area contributed by atoms with Crippen molar-refractivity contribution in [3.05, 3.63) is 48.4 Å². The molecule has 1 fully saturated rings. The van der Waals surface area contributed by atoms with Crippen LogP contribution in [0.4, 0.5) is 0 Å². The van der Waals surface area contributed by atoms with Crippen molar-refractivity contribution in [1.82, 2.24) is 25.1 Å². The number of fused-ring (bicyclic) bond motifs is 1. The van der Waals surface area contributed by atoms with Gasteiger partial charge in [0, 0.05) is 12.1 Å². The smallest absolute Gasteiger partial charge is 0.249 e. The van der Waals surface area contributed by atoms with Gasteiger partial charge in [0.1, 0.15) is 12.6 Å². The second-order valence-corrected chi connectivity index (χ2v) is 6.03. The molecule has 2 atom stereocenters. The third-order valence-corrected chi connectivity index (χ3v) is 4.62. The SMILES string of the molecule is C=C/C=C\C(=C(/C)C1=CC(=O)N2C(CC1)CC[C@H]2O)n1cnnn1. The van der Waals surface area contributed by atoms with Crippen LogP contribution < -0.4 is 0 Å². The molecule has 0 bridgehead atoms. The van der Waals surface area contributed by atoms with Crippen LogP contribution >= 0.6 is 0 Å². The van der Waals surface area contributed by atoms with Gasteiger partial charge in [0.2, 0.25) is 5.91 Å². The molecule has 7 heteroatoms. The van der Waals surface area contributed by atoms with Gasteiger partial charge in [-0.2, -0.15) is 0 Å². The molecule has 1 saturated heterocycles. The first kappa shape index (κ1) is 16.3. The van der Waals surface area contributed by atoms with Gasteiger partial charge in [0.25, 0.3) is 0 Å². The molecular formula is C17H21N5O2. The largest absolute Gasteiger partial charge is 0.374 e. The number of aliphatic hydroxyl groups is 1. The van der Waals surface area contributed by atoms with Crippen LogP contribution in [0.2, 0.25) is 0 Å². The topological polar surface area (TPSA) is 84.1 Å². The van der Waals surface area contributed by atoms with Crippen LogP contribution in [-0.2, 0) is 4.79 Å². The number of aromatic nitrogens is 4. The molecule has 3 heterocycles. The lowest BCUT2D eigenvalue weighted by atomic mass is 9.98. The maximum atomic E-state index is 12.5. The molecule has 0 aliphatic carbocycles. The Bertz CT molecular complexity index is 717. The summed E-state index contributed by atoms with van der Waals surface area (Å²) in [4.78, 5) is 14.1. The monoisotopic (exact) mass is 327 g/mol. The number of hydrogen-bond acceptors (Lipinski definition) is 5. The first-order valence-electron chi connectivity index (χ1n) is 8.06. The molecule has 0 saturated carbocycles. The molecule has 0 spiro atoms. The lowest BCUT2D eigenvalue weighted by molar-refractivity contribution is -0.135. The summed E-state index contributed by atoms with van der Waals surface area (Å²) in [5.74, 6) is -0.124. The lowest BCUT2D eigenvalue weighted by Gasteiger charge is -2.24. The van der Waals surface area contributed by atoms with Crippen molar-refractivity contribution in [1.29, 1.82) is 0 Å². The fourth-order valence-corrected chi connectivity index (χ4v) is 3.36. The highest BCUT2D eigenvalue weighted by molar-refractivity contribution is 5.90. The fraction of sp³-hybridized carbons (Fsp3) is 0.412. The minimum absolute atomic E-state index is 0.120. The number of nitrogens with zero attached hydrogens (tertiary/aromatic N) is 5. The standard InChI is InChI=1S/C17H21N5O2/c1-3-4-5-15(21-11-18-19-20-21)12(2)13-6-7-14-8-9-16(23)22(14)17(24)10-13/h3-5,10-11,14,16,23H,1,6-9H2,2H3/b5-4-,15-12-/t14?,16-/m1/s1.